The summed E-state index contributed by atoms with van der Waals surface area (Å²) in [5, 5.41) is 3.21. The van der Waals surface area contributed by atoms with E-state index in [2.05, 4.69) is 51.6 Å². The number of hydrogen-bond acceptors (Lipinski definition) is 4. The normalized spacial score (nSPS) is 11.4. The Balaban J connectivity index is 2.09. The molecule has 0 amide bonds. The second-order valence-corrected chi connectivity index (χ2v) is 6.33. The SMILES string of the molecule is CCCCn1c(C)c(-c2cncc3ccccc23)c2c(N)ncnc21. The highest BCUT2D eigenvalue weighted by Gasteiger charge is 2.20. The van der Waals surface area contributed by atoms with Crippen LogP contribution in [0.25, 0.3) is 32.9 Å². The van der Waals surface area contributed by atoms with Crippen molar-refractivity contribution >= 4 is 27.6 Å². The highest BCUT2D eigenvalue weighted by Crippen LogP contribution is 2.39. The summed E-state index contributed by atoms with van der Waals surface area (Å²) in [5.41, 5.74) is 10.5. The van der Waals surface area contributed by atoms with E-state index in [0.29, 0.717) is 5.82 Å². The number of nitrogen functional groups attached to an aromatic ring is 1. The zero-order valence-corrected chi connectivity index (χ0v) is 14.5. The predicted molar refractivity (Wildman–Crippen MR) is 102 cm³/mol. The number of hydrogen-bond donors (Lipinski definition) is 1. The monoisotopic (exact) mass is 331 g/mol. The van der Waals surface area contributed by atoms with Gasteiger partial charge in [0.2, 0.25) is 0 Å². The van der Waals surface area contributed by atoms with Crippen molar-refractivity contribution in [3.8, 4) is 11.1 Å². The molecule has 0 aliphatic heterocycles. The highest BCUT2D eigenvalue weighted by atomic mass is 15.1. The van der Waals surface area contributed by atoms with Crippen molar-refractivity contribution in [2.75, 3.05) is 5.73 Å². The molecular weight excluding hydrogens is 310 g/mol. The van der Waals surface area contributed by atoms with E-state index in [1.54, 1.807) is 6.33 Å². The van der Waals surface area contributed by atoms with Gasteiger partial charge in [-0.2, -0.15) is 0 Å². The van der Waals surface area contributed by atoms with Crippen LogP contribution in [0.5, 0.6) is 0 Å². The molecule has 0 radical (unpaired) electrons. The van der Waals surface area contributed by atoms with E-state index in [4.69, 9.17) is 5.73 Å². The molecule has 0 saturated carbocycles. The van der Waals surface area contributed by atoms with Gasteiger partial charge in [0.15, 0.2) is 0 Å². The average Bonchev–Trinajstić information content (AvgIpc) is 2.92. The van der Waals surface area contributed by atoms with Crippen molar-refractivity contribution < 1.29 is 0 Å². The van der Waals surface area contributed by atoms with Gasteiger partial charge in [-0.1, -0.05) is 37.6 Å². The van der Waals surface area contributed by atoms with Gasteiger partial charge < -0.3 is 10.3 Å². The number of nitrogens with zero attached hydrogens (tertiary/aromatic N) is 4. The molecule has 2 N–H and O–H groups in total. The third kappa shape index (κ3) is 2.43. The molecule has 3 heterocycles. The summed E-state index contributed by atoms with van der Waals surface area (Å²) in [6, 6.07) is 8.29. The van der Waals surface area contributed by atoms with E-state index in [-0.39, 0.29) is 0 Å². The Labute approximate surface area is 146 Å². The number of nitrogens with two attached hydrogens (primary N) is 1. The molecule has 0 unspecified atom stereocenters. The van der Waals surface area contributed by atoms with Crippen LogP contribution in [-0.2, 0) is 6.54 Å². The number of fused-ring (bicyclic) bond motifs is 2. The molecule has 0 aliphatic rings. The minimum Gasteiger partial charge on any atom is -0.383 e. The Hall–Kier alpha value is -2.95. The maximum absolute atomic E-state index is 6.26. The number of pyridine rings is 1. The summed E-state index contributed by atoms with van der Waals surface area (Å²) < 4.78 is 2.26. The van der Waals surface area contributed by atoms with E-state index in [0.717, 1.165) is 52.6 Å². The number of anilines is 1. The van der Waals surface area contributed by atoms with Crippen molar-refractivity contribution in [1.82, 2.24) is 19.5 Å². The molecule has 4 rings (SSSR count). The number of aromatic nitrogens is 4. The van der Waals surface area contributed by atoms with Crippen molar-refractivity contribution in [2.45, 2.75) is 33.2 Å². The molecule has 126 valence electrons. The van der Waals surface area contributed by atoms with Gasteiger partial charge >= 0.3 is 0 Å². The zero-order chi connectivity index (χ0) is 17.4. The third-order valence-electron chi connectivity index (χ3n) is 4.80. The second kappa shape index (κ2) is 6.16. The predicted octanol–water partition coefficient (Wildman–Crippen LogP) is 4.34. The van der Waals surface area contributed by atoms with Crippen molar-refractivity contribution in [3.05, 3.63) is 48.7 Å². The lowest BCUT2D eigenvalue weighted by Crippen LogP contribution is -2.01. The Kier molecular flexibility index (Phi) is 3.84. The van der Waals surface area contributed by atoms with E-state index >= 15 is 0 Å². The van der Waals surface area contributed by atoms with Crippen LogP contribution >= 0.6 is 0 Å². The summed E-state index contributed by atoms with van der Waals surface area (Å²) in [7, 11) is 0. The Morgan fingerprint density at radius 3 is 2.80 bits per heavy atom. The van der Waals surface area contributed by atoms with Crippen LogP contribution in [-0.4, -0.2) is 19.5 Å². The van der Waals surface area contributed by atoms with Crippen LogP contribution in [0.15, 0.2) is 43.0 Å². The van der Waals surface area contributed by atoms with Gasteiger partial charge in [-0.25, -0.2) is 9.97 Å². The summed E-state index contributed by atoms with van der Waals surface area (Å²) in [6.45, 7) is 5.25. The van der Waals surface area contributed by atoms with E-state index in [1.165, 1.54) is 5.39 Å². The molecular formula is C20H21N5. The van der Waals surface area contributed by atoms with Crippen LogP contribution in [0.4, 0.5) is 5.82 Å². The summed E-state index contributed by atoms with van der Waals surface area (Å²) >= 11 is 0. The maximum atomic E-state index is 6.26. The molecule has 4 aromatic rings. The molecule has 0 aliphatic carbocycles. The minimum atomic E-state index is 0.520. The topological polar surface area (TPSA) is 69.6 Å². The molecule has 5 nitrogen and oxygen atoms in total. The van der Waals surface area contributed by atoms with E-state index in [1.807, 2.05) is 18.5 Å². The van der Waals surface area contributed by atoms with Gasteiger partial charge in [0, 0.05) is 41.1 Å². The smallest absolute Gasteiger partial charge is 0.146 e. The van der Waals surface area contributed by atoms with E-state index in [9.17, 15) is 0 Å². The lowest BCUT2D eigenvalue weighted by atomic mass is 9.99. The summed E-state index contributed by atoms with van der Waals surface area (Å²) in [6.07, 6.45) is 7.59. The van der Waals surface area contributed by atoms with Gasteiger partial charge in [0.05, 0.1) is 5.39 Å². The molecule has 0 fully saturated rings. The third-order valence-corrected chi connectivity index (χ3v) is 4.80. The van der Waals surface area contributed by atoms with Gasteiger partial charge in [0.25, 0.3) is 0 Å². The van der Waals surface area contributed by atoms with Crippen LogP contribution < -0.4 is 5.73 Å². The van der Waals surface area contributed by atoms with Crippen molar-refractivity contribution in [3.63, 3.8) is 0 Å². The number of unbranched alkanes of at least 4 members (excludes halogenated alkanes) is 1. The molecule has 0 bridgehead atoms. The zero-order valence-electron chi connectivity index (χ0n) is 14.5. The van der Waals surface area contributed by atoms with Gasteiger partial charge in [0.1, 0.15) is 17.8 Å². The van der Waals surface area contributed by atoms with Gasteiger partial charge in [-0.05, 0) is 18.7 Å². The average molecular weight is 331 g/mol. The lowest BCUT2D eigenvalue weighted by molar-refractivity contribution is 0.634. The fourth-order valence-corrected chi connectivity index (χ4v) is 3.54. The molecule has 25 heavy (non-hydrogen) atoms. The Morgan fingerprint density at radius 1 is 1.12 bits per heavy atom. The van der Waals surface area contributed by atoms with Crippen molar-refractivity contribution in [2.24, 2.45) is 0 Å². The van der Waals surface area contributed by atoms with Gasteiger partial charge in [-0.3, -0.25) is 4.98 Å². The minimum absolute atomic E-state index is 0.520. The fourth-order valence-electron chi connectivity index (χ4n) is 3.54. The molecule has 0 saturated heterocycles. The molecule has 0 spiro atoms. The second-order valence-electron chi connectivity index (χ2n) is 6.33. The first-order valence-corrected chi connectivity index (χ1v) is 8.64. The standard InChI is InChI=1S/C20H21N5/c1-3-4-9-25-13(2)17(18-19(21)23-12-24-20(18)25)16-11-22-10-14-7-5-6-8-15(14)16/h5-8,10-12H,3-4,9H2,1-2H3,(H2,21,23,24). The first kappa shape index (κ1) is 15.6. The fraction of sp³-hybridized carbons (Fsp3) is 0.250. The summed E-state index contributed by atoms with van der Waals surface area (Å²) in [5.74, 6) is 0.520. The Morgan fingerprint density at radius 2 is 1.96 bits per heavy atom. The van der Waals surface area contributed by atoms with Crippen LogP contribution in [0.1, 0.15) is 25.5 Å². The van der Waals surface area contributed by atoms with Crippen LogP contribution in [0, 0.1) is 6.92 Å². The van der Waals surface area contributed by atoms with Crippen LogP contribution in [0.2, 0.25) is 0 Å². The molecule has 0 atom stereocenters. The van der Waals surface area contributed by atoms with Crippen molar-refractivity contribution in [1.29, 1.82) is 0 Å². The number of benzene rings is 1. The molecule has 3 aromatic heterocycles. The molecule has 5 heteroatoms. The van der Waals surface area contributed by atoms with Gasteiger partial charge in [-0.15, -0.1) is 0 Å². The lowest BCUT2D eigenvalue weighted by Gasteiger charge is -2.09. The highest BCUT2D eigenvalue weighted by molar-refractivity contribution is 6.08. The first-order chi connectivity index (χ1) is 12.2. The number of rotatable bonds is 4. The quantitative estimate of drug-likeness (QED) is 0.604. The number of aryl methyl sites for hydroxylation is 1. The van der Waals surface area contributed by atoms with E-state index < -0.39 is 0 Å². The maximum Gasteiger partial charge on any atom is 0.146 e. The molecule has 1 aromatic carbocycles. The summed E-state index contributed by atoms with van der Waals surface area (Å²) in [4.78, 5) is 13.2. The first-order valence-electron chi connectivity index (χ1n) is 8.64. The largest absolute Gasteiger partial charge is 0.383 e. The Bertz CT molecular complexity index is 1060. The van der Waals surface area contributed by atoms with Crippen LogP contribution in [0.3, 0.4) is 0 Å².